The number of benzene rings is 21. The molecule has 30 rings (SSSR count). The number of nitrogens with zero attached hydrogens (tertiary/aromatic N) is 3. The van der Waals surface area contributed by atoms with Crippen LogP contribution in [0.4, 0.5) is 0 Å². The Hall–Kier alpha value is -17.4. The van der Waals surface area contributed by atoms with Gasteiger partial charge in [-0.3, -0.25) is 0 Å². The molecule has 6 nitrogen and oxygen atoms in total. The van der Waals surface area contributed by atoms with E-state index in [1.807, 2.05) is 22.7 Å². The minimum absolute atomic E-state index is 0.899. The first-order valence-electron chi connectivity index (χ1n) is 46.8. The van der Waals surface area contributed by atoms with E-state index in [1.165, 1.54) is 162 Å². The van der Waals surface area contributed by atoms with Crippen molar-refractivity contribution in [2.24, 2.45) is 0 Å². The molecule has 21 aromatic carbocycles. The SMILES string of the molecule is c1ccc(-c2cccc3c2sc2cccc(-c4ccc(-c5cccc6oc7c8ccccc8n(-c8ccccc8)c7c56)cc4)c23)cc1.c1ccc(-n2c3ccccc3c3oc4cccc(-c5ccc(-c6ccc7c(c6)Cc6cc8ccccc8cc6-7)cc5)c4c32)cc1.c1ccc(-n2c3ccccc3c3oc4cccc(-c5ccc(-c6cccc7sc8c9ccccc9ccc8c67)cc5)c4c32)cc1. The molecule has 0 saturated heterocycles. The summed E-state index contributed by atoms with van der Waals surface area (Å²) in [6.45, 7) is 0. The molecule has 0 radical (unpaired) electrons. The van der Waals surface area contributed by atoms with Crippen molar-refractivity contribution < 1.29 is 13.3 Å². The van der Waals surface area contributed by atoms with E-state index in [9.17, 15) is 0 Å². The van der Waals surface area contributed by atoms with Crippen molar-refractivity contribution >= 4 is 183 Å². The lowest BCUT2D eigenvalue weighted by Gasteiger charge is -2.10. The fourth-order valence-electron chi connectivity index (χ4n) is 22.1. The largest absolute Gasteiger partial charge is 0.454 e. The Kier molecular flexibility index (Phi) is 18.1. The molecule has 640 valence electrons. The van der Waals surface area contributed by atoms with Crippen LogP contribution >= 0.6 is 22.7 Å². The number of furan rings is 3. The summed E-state index contributed by atoms with van der Waals surface area (Å²) in [6.07, 6.45) is 0.981. The highest BCUT2D eigenvalue weighted by molar-refractivity contribution is 7.27. The Balaban J connectivity index is 0.000000102. The summed E-state index contributed by atoms with van der Waals surface area (Å²) in [5.74, 6) is 0. The molecule has 0 saturated carbocycles. The number of para-hydroxylation sites is 6. The lowest BCUT2D eigenvalue weighted by molar-refractivity contribution is 0.672. The predicted octanol–water partition coefficient (Wildman–Crippen LogP) is 36.9. The van der Waals surface area contributed by atoms with Crippen LogP contribution in [0, 0.1) is 0 Å². The lowest BCUT2D eigenvalue weighted by atomic mass is 9.95. The second-order valence-corrected chi connectivity index (χ2v) is 38.0. The van der Waals surface area contributed by atoms with Crippen molar-refractivity contribution in [2.45, 2.75) is 6.42 Å². The summed E-state index contributed by atoms with van der Waals surface area (Å²) < 4.78 is 32.2. The van der Waals surface area contributed by atoms with Gasteiger partial charge < -0.3 is 27.0 Å². The number of hydrogen-bond acceptors (Lipinski definition) is 5. The van der Waals surface area contributed by atoms with Gasteiger partial charge in [-0.1, -0.05) is 358 Å². The van der Waals surface area contributed by atoms with Gasteiger partial charge in [0.2, 0.25) is 0 Å². The highest BCUT2D eigenvalue weighted by atomic mass is 32.1. The van der Waals surface area contributed by atoms with Gasteiger partial charge in [-0.15, -0.1) is 22.7 Å². The van der Waals surface area contributed by atoms with Gasteiger partial charge in [-0.2, -0.15) is 0 Å². The van der Waals surface area contributed by atoms with Crippen molar-refractivity contribution in [3.8, 4) is 106 Å². The third-order valence-corrected chi connectivity index (χ3v) is 30.6. The molecule has 0 amide bonds. The van der Waals surface area contributed by atoms with E-state index in [-0.39, 0.29) is 0 Å². The normalized spacial score (nSPS) is 12.1. The molecule has 8 aromatic heterocycles. The first-order valence-corrected chi connectivity index (χ1v) is 48.4. The highest BCUT2D eigenvalue weighted by Gasteiger charge is 2.29. The smallest absolute Gasteiger partial charge is 0.161 e. The number of rotatable bonds is 10. The Morgan fingerprint density at radius 3 is 0.978 bits per heavy atom. The average molecular weight is 1780 g/mol. The van der Waals surface area contributed by atoms with Crippen LogP contribution < -0.4 is 0 Å². The second-order valence-electron chi connectivity index (χ2n) is 35.9. The summed E-state index contributed by atoms with van der Waals surface area (Å²) in [5.41, 5.74) is 38.2. The van der Waals surface area contributed by atoms with Gasteiger partial charge in [-0.05, 0) is 237 Å². The monoisotopic (exact) mass is 1780 g/mol. The molecule has 1 aliphatic carbocycles. The second kappa shape index (κ2) is 31.7. The Morgan fingerprint density at radius 2 is 0.518 bits per heavy atom. The molecule has 0 bridgehead atoms. The summed E-state index contributed by atoms with van der Waals surface area (Å²) in [6, 6.07) is 168. The summed E-state index contributed by atoms with van der Waals surface area (Å²) in [7, 11) is 0. The molecule has 0 atom stereocenters. The maximum Gasteiger partial charge on any atom is 0.161 e. The van der Waals surface area contributed by atoms with Crippen LogP contribution in [0.5, 0.6) is 0 Å². The first kappa shape index (κ1) is 78.3. The van der Waals surface area contributed by atoms with Gasteiger partial charge in [0.25, 0.3) is 0 Å². The van der Waals surface area contributed by atoms with Crippen LogP contribution in [0.1, 0.15) is 11.1 Å². The zero-order valence-electron chi connectivity index (χ0n) is 74.0. The summed E-state index contributed by atoms with van der Waals surface area (Å²) in [4.78, 5) is 0. The van der Waals surface area contributed by atoms with Crippen molar-refractivity contribution in [2.75, 3.05) is 0 Å². The topological polar surface area (TPSA) is 54.2 Å². The number of thiophene rings is 2. The van der Waals surface area contributed by atoms with Crippen molar-refractivity contribution in [1.82, 2.24) is 13.7 Å². The molecule has 0 N–H and O–H groups in total. The molecule has 0 unspecified atom stereocenters. The van der Waals surface area contributed by atoms with Crippen molar-refractivity contribution in [3.05, 3.63) is 478 Å². The van der Waals surface area contributed by atoms with Gasteiger partial charge in [0.05, 0.1) is 32.7 Å². The maximum atomic E-state index is 6.63. The van der Waals surface area contributed by atoms with Crippen LogP contribution in [0.2, 0.25) is 0 Å². The number of aromatic nitrogens is 3. The predicted molar refractivity (Wildman–Crippen MR) is 579 cm³/mol. The maximum absolute atomic E-state index is 6.63. The van der Waals surface area contributed by atoms with Crippen LogP contribution in [-0.4, -0.2) is 13.7 Å². The molecule has 1 aliphatic rings. The van der Waals surface area contributed by atoms with E-state index in [0.29, 0.717) is 0 Å². The van der Waals surface area contributed by atoms with E-state index in [4.69, 9.17) is 13.3 Å². The lowest BCUT2D eigenvalue weighted by Crippen LogP contribution is -1.93. The molecule has 0 spiro atoms. The van der Waals surface area contributed by atoms with Gasteiger partial charge >= 0.3 is 0 Å². The van der Waals surface area contributed by atoms with Crippen LogP contribution in [0.25, 0.3) is 267 Å². The zero-order chi connectivity index (χ0) is 89.9. The van der Waals surface area contributed by atoms with Gasteiger partial charge in [0, 0.05) is 73.6 Å². The fraction of sp³-hybridized carbons (Fsp3) is 0.00775. The minimum Gasteiger partial charge on any atom is -0.454 e. The van der Waals surface area contributed by atoms with Crippen LogP contribution in [0.3, 0.4) is 0 Å². The third kappa shape index (κ3) is 12.6. The summed E-state index contributed by atoms with van der Waals surface area (Å²) >= 11 is 3.78. The molecule has 137 heavy (non-hydrogen) atoms. The van der Waals surface area contributed by atoms with Crippen molar-refractivity contribution in [1.29, 1.82) is 0 Å². The Morgan fingerprint density at radius 1 is 0.190 bits per heavy atom. The molecule has 29 aromatic rings. The standard InChI is InChI=1S/C44H27NOS.C43H27NO.C42H25NOS/c1-3-12-28(13-4-1)34-19-9-20-36-40-32(18-11-23-39(40)47-44(34)36)29-24-26-30(27-25-29)33-17-10-22-38-41(33)42-43(46-38)35-16-7-8-21-37(35)45(42)31-14-5-2-6-15-31;1-2-11-34(12-3-1)44-39-15-7-6-13-37(39)43-42(44)41-36(14-8-16-40(41)45-43)28-19-17-27(18-20-28)31-21-22-35-32(24-31)25-33-23-29-9-4-5-10-30(29)26-38(33)35;1-2-11-29(12-3-1)43-35-17-7-6-14-33(35)41-40(43)39-31(15-8-18-36(39)44-41)28-22-20-27(21-23-28)30-16-9-19-37-38(30)34-25-24-26-10-4-5-13-32(26)42(34)45-37/h1-27H;1-24,26H,25H2;1-25H. The molecule has 0 fully saturated rings. The Labute approximate surface area is 795 Å². The zero-order valence-corrected chi connectivity index (χ0v) is 75.7. The minimum atomic E-state index is 0.899. The summed E-state index contributed by atoms with van der Waals surface area (Å²) in [5, 5.41) is 17.3. The average Bonchev–Trinajstić information content (AvgIpc) is 1.57. The molecular formula is C129H79N3O3S2. The van der Waals surface area contributed by atoms with E-state index in [0.717, 1.165) is 122 Å². The van der Waals surface area contributed by atoms with E-state index < -0.39 is 0 Å². The Bertz CT molecular complexity index is 9920. The van der Waals surface area contributed by atoms with E-state index in [1.54, 1.807) is 0 Å². The molecular weight excluding hydrogens is 1700 g/mol. The third-order valence-electron chi connectivity index (χ3n) is 28.2. The quantitative estimate of drug-likeness (QED) is 0.137. The molecule has 8 heterocycles. The van der Waals surface area contributed by atoms with Crippen LogP contribution in [0.15, 0.2) is 480 Å². The first-order chi connectivity index (χ1) is 68.0. The number of fused-ring (bicyclic) bond motifs is 27. The van der Waals surface area contributed by atoms with Gasteiger partial charge in [-0.25, -0.2) is 0 Å². The van der Waals surface area contributed by atoms with Crippen LogP contribution in [-0.2, 0) is 6.42 Å². The fourth-order valence-corrected chi connectivity index (χ4v) is 24.6. The van der Waals surface area contributed by atoms with Crippen molar-refractivity contribution in [3.63, 3.8) is 0 Å². The van der Waals surface area contributed by atoms with E-state index >= 15 is 0 Å². The highest BCUT2D eigenvalue weighted by Crippen LogP contribution is 2.52. The van der Waals surface area contributed by atoms with Gasteiger partial charge in [0.15, 0.2) is 16.7 Å². The number of hydrogen-bond donors (Lipinski definition) is 0. The molecule has 0 aliphatic heterocycles. The molecule has 8 heteroatoms. The van der Waals surface area contributed by atoms with Gasteiger partial charge in [0.1, 0.15) is 33.3 Å². The van der Waals surface area contributed by atoms with E-state index in [2.05, 4.69) is 481 Å².